The molecule has 115 heavy (non-hydrogen) atoms. The van der Waals surface area contributed by atoms with Crippen LogP contribution in [0.5, 0.6) is 5.75 Å². The largest absolute Gasteiger partial charge is 0.497 e. The number of anilines is 15. The van der Waals surface area contributed by atoms with Gasteiger partial charge >= 0.3 is 0 Å². The van der Waals surface area contributed by atoms with Crippen LogP contribution < -0.4 is 34.1 Å². The summed E-state index contributed by atoms with van der Waals surface area (Å²) in [6.07, 6.45) is 0. The molecule has 0 radical (unpaired) electrons. The van der Waals surface area contributed by atoms with Gasteiger partial charge in [0.2, 0.25) is 0 Å². The fourth-order valence-electron chi connectivity index (χ4n) is 15.1. The minimum absolute atomic E-state index is 0.859. The Labute approximate surface area is 676 Å². The second-order valence-electron chi connectivity index (χ2n) is 28.8. The average molecular weight is 1490 g/mol. The van der Waals surface area contributed by atoms with Gasteiger partial charge in [-0.1, -0.05) is 266 Å². The van der Waals surface area contributed by atoms with Crippen LogP contribution in [0.2, 0.25) is 0 Å². The zero-order valence-electron chi connectivity index (χ0n) is 65.7. The number of aryl methyl sites for hydroxylation is 2. The molecule has 0 amide bonds. The maximum atomic E-state index is 5.29. The van der Waals surface area contributed by atoms with Crippen LogP contribution in [0.3, 0.4) is 0 Å². The Morgan fingerprint density at radius 2 is 0.409 bits per heavy atom. The van der Waals surface area contributed by atoms with E-state index >= 15 is 0 Å². The minimum Gasteiger partial charge on any atom is -0.497 e. The molecule has 7 heteroatoms. The molecule has 0 bridgehead atoms. The van der Waals surface area contributed by atoms with E-state index in [9.17, 15) is 0 Å². The third-order valence-electron chi connectivity index (χ3n) is 21.5. The van der Waals surface area contributed by atoms with Gasteiger partial charge in [0, 0.05) is 106 Å². The normalized spacial score (nSPS) is 10.9. The van der Waals surface area contributed by atoms with Gasteiger partial charge in [0.25, 0.3) is 0 Å². The molecule has 0 saturated heterocycles. The van der Waals surface area contributed by atoms with Crippen LogP contribution in [0.1, 0.15) is 11.1 Å². The highest BCUT2D eigenvalue weighted by Gasteiger charge is 2.20. The van der Waals surface area contributed by atoms with E-state index in [4.69, 9.17) is 4.74 Å². The number of nitrogens with zero attached hydrogens (tertiary/aromatic N) is 6. The molecule has 0 fully saturated rings. The molecule has 0 saturated carbocycles. The van der Waals surface area contributed by atoms with Crippen LogP contribution in [0.4, 0.5) is 85.3 Å². The molecule has 7 nitrogen and oxygen atoms in total. The number of methoxy groups -OCH3 is 1. The van der Waals surface area contributed by atoms with E-state index in [-0.39, 0.29) is 0 Å². The minimum atomic E-state index is 0.859. The second-order valence-corrected chi connectivity index (χ2v) is 28.8. The third-order valence-corrected chi connectivity index (χ3v) is 21.5. The van der Waals surface area contributed by atoms with Gasteiger partial charge < -0.3 is 34.1 Å². The second kappa shape index (κ2) is 34.7. The van der Waals surface area contributed by atoms with E-state index in [1.807, 2.05) is 12.1 Å². The summed E-state index contributed by atoms with van der Waals surface area (Å²) in [5, 5.41) is 7.39. The Morgan fingerprint density at radius 1 is 0.183 bits per heavy atom. The highest BCUT2D eigenvalue weighted by molar-refractivity contribution is 6.02. The smallest absolute Gasteiger partial charge is 0.119 e. The van der Waals surface area contributed by atoms with Crippen molar-refractivity contribution in [2.75, 3.05) is 57.7 Å². The molecule has 0 unspecified atom stereocenters. The molecule has 0 spiro atoms. The van der Waals surface area contributed by atoms with Gasteiger partial charge in [-0.2, -0.15) is 0 Å². The van der Waals surface area contributed by atoms with Crippen LogP contribution in [0, 0.1) is 13.8 Å². The number of rotatable bonds is 19. The first-order valence-electron chi connectivity index (χ1n) is 39.1. The lowest BCUT2D eigenvalue weighted by Gasteiger charge is -2.27. The lowest BCUT2D eigenvalue weighted by molar-refractivity contribution is 0.415. The molecule has 18 aromatic carbocycles. The van der Waals surface area contributed by atoms with Gasteiger partial charge in [-0.05, 0) is 245 Å². The summed E-state index contributed by atoms with van der Waals surface area (Å²) < 4.78 is 5.29. The highest BCUT2D eigenvalue weighted by Crippen LogP contribution is 2.44. The molecule has 0 N–H and O–H groups in total. The highest BCUT2D eigenvalue weighted by atomic mass is 16.5. The van der Waals surface area contributed by atoms with Crippen LogP contribution in [-0.2, 0) is 0 Å². The Balaban J connectivity index is 0.000000130. The predicted molar refractivity (Wildman–Crippen MR) is 492 cm³/mol. The molecule has 0 atom stereocenters. The van der Waals surface area contributed by atoms with Crippen molar-refractivity contribution >= 4 is 118 Å². The van der Waals surface area contributed by atoms with Crippen molar-refractivity contribution in [2.24, 2.45) is 0 Å². The molecule has 18 aromatic rings. The number of para-hydroxylation sites is 3. The summed E-state index contributed by atoms with van der Waals surface area (Å²) in [6.45, 7) is 4.24. The maximum absolute atomic E-state index is 5.29. The molecule has 0 heterocycles. The van der Waals surface area contributed by atoms with E-state index in [1.165, 1.54) is 111 Å². The summed E-state index contributed by atoms with van der Waals surface area (Å²) in [7, 11) is 7.99. The summed E-state index contributed by atoms with van der Waals surface area (Å²) in [6, 6.07) is 155. The Bertz CT molecular complexity index is 6210. The first-order valence-corrected chi connectivity index (χ1v) is 39.1. The SMILES string of the molecule is COc1ccc(N(C)c2ccc(-c3ccc(N(c4ccccc4)c4cccc5ccccc45)cc3)cc2)cc1.Cc1ccc(N(C)c2ccc(-c3ccc(N(c4ccccc4)c4cccc5ccccc45)cc3)cc2)cc1.Cc1cccc(N(C)c2ccc(-c3ccc(N(c4ccccc4)c4cccc5ccccc45)cc3)cc2)c1. The van der Waals surface area contributed by atoms with Gasteiger partial charge in [-0.25, -0.2) is 0 Å². The first-order chi connectivity index (χ1) is 56.5. The van der Waals surface area contributed by atoms with E-state index in [0.717, 1.165) is 56.9 Å². The molecule has 0 aliphatic heterocycles. The third kappa shape index (κ3) is 16.9. The van der Waals surface area contributed by atoms with Crippen molar-refractivity contribution < 1.29 is 4.74 Å². The quantitative estimate of drug-likeness (QED) is 0.0797. The molecule has 558 valence electrons. The van der Waals surface area contributed by atoms with E-state index in [2.05, 4.69) is 489 Å². The van der Waals surface area contributed by atoms with Crippen molar-refractivity contribution in [3.8, 4) is 39.1 Å². The molecular formula is C108H90N6O. The van der Waals surface area contributed by atoms with Gasteiger partial charge in [0.1, 0.15) is 5.75 Å². The van der Waals surface area contributed by atoms with Crippen LogP contribution in [-0.4, -0.2) is 28.3 Å². The Kier molecular flexibility index (Phi) is 22.5. The number of hydrogen-bond donors (Lipinski definition) is 0. The average Bonchev–Trinajstić information content (AvgIpc) is 0.790. The van der Waals surface area contributed by atoms with Crippen molar-refractivity contribution in [1.82, 2.24) is 0 Å². The molecule has 0 aliphatic rings. The number of benzene rings is 18. The van der Waals surface area contributed by atoms with Crippen molar-refractivity contribution in [3.63, 3.8) is 0 Å². The van der Waals surface area contributed by atoms with Crippen molar-refractivity contribution in [1.29, 1.82) is 0 Å². The summed E-state index contributed by atoms with van der Waals surface area (Å²) in [5.74, 6) is 0.859. The molecular weight excluding hydrogens is 1400 g/mol. The first kappa shape index (κ1) is 74.4. The molecule has 0 aromatic heterocycles. The van der Waals surface area contributed by atoms with Crippen molar-refractivity contribution in [3.05, 3.63) is 448 Å². The number of hydrogen-bond acceptors (Lipinski definition) is 7. The lowest BCUT2D eigenvalue weighted by Crippen LogP contribution is -2.10. The van der Waals surface area contributed by atoms with Gasteiger partial charge in [0.05, 0.1) is 24.2 Å². The van der Waals surface area contributed by atoms with E-state index < -0.39 is 0 Å². The maximum Gasteiger partial charge on any atom is 0.119 e. The number of ether oxygens (including phenoxy) is 1. The standard InChI is InChI=1S/C36H30N2O.2C36H30N2/c1-37(31-23-25-34(39-2)26-24-31)30-19-15-27(16-20-30)28-17-21-33(22-18-28)38(32-11-4-3-5-12-32)36-14-8-10-29-9-6-7-13-35(29)36;1-27-10-8-15-34(26-27)37(2)31-22-18-28(19-23-31)29-20-24-33(25-21-29)38(32-13-4-3-5-14-32)36-17-9-12-30-11-6-7-16-35(30)36;1-27-15-21-31(22-16-27)37(2)32-23-17-28(18-24-32)29-19-25-34(26-20-29)38(33-11-4-3-5-12-33)36-14-8-10-30-9-6-7-13-35(30)36/h3-26H,1-2H3;2*3-26H,1-2H3. The van der Waals surface area contributed by atoms with Gasteiger partial charge in [0.15, 0.2) is 0 Å². The molecule has 18 rings (SSSR count). The Morgan fingerprint density at radius 3 is 0.704 bits per heavy atom. The summed E-state index contributed by atoms with van der Waals surface area (Å²) >= 11 is 0. The summed E-state index contributed by atoms with van der Waals surface area (Å²) in [5.41, 5.74) is 27.0. The Hall–Kier alpha value is -14.7. The van der Waals surface area contributed by atoms with Crippen LogP contribution >= 0.6 is 0 Å². The zero-order valence-corrected chi connectivity index (χ0v) is 65.7. The topological polar surface area (TPSA) is 28.7 Å². The molecule has 0 aliphatic carbocycles. The monoisotopic (exact) mass is 1490 g/mol. The van der Waals surface area contributed by atoms with Gasteiger partial charge in [-0.3, -0.25) is 0 Å². The summed E-state index contributed by atoms with van der Waals surface area (Å²) in [4.78, 5) is 13.6. The fraction of sp³-hybridized carbons (Fsp3) is 0.0556. The number of fused-ring (bicyclic) bond motifs is 3. The fourth-order valence-corrected chi connectivity index (χ4v) is 15.1. The lowest BCUT2D eigenvalue weighted by atomic mass is 10.0. The van der Waals surface area contributed by atoms with Crippen molar-refractivity contribution in [2.45, 2.75) is 13.8 Å². The van der Waals surface area contributed by atoms with E-state index in [1.54, 1.807) is 7.11 Å². The van der Waals surface area contributed by atoms with Crippen LogP contribution in [0.25, 0.3) is 65.7 Å². The van der Waals surface area contributed by atoms with E-state index in [0.29, 0.717) is 0 Å². The predicted octanol–water partition coefficient (Wildman–Crippen LogP) is 29.9. The van der Waals surface area contributed by atoms with Crippen LogP contribution in [0.15, 0.2) is 437 Å². The zero-order chi connectivity index (χ0) is 78.4. The van der Waals surface area contributed by atoms with Gasteiger partial charge in [-0.15, -0.1) is 0 Å².